The number of allylic oxidation sites excluding steroid dienone is 1. The summed E-state index contributed by atoms with van der Waals surface area (Å²) in [4.78, 5) is 0. The highest BCUT2D eigenvalue weighted by molar-refractivity contribution is 7.91. The highest BCUT2D eigenvalue weighted by atomic mass is 35.5. The molecule has 0 fully saturated rings. The van der Waals surface area contributed by atoms with Crippen LogP contribution >= 0.6 is 22.9 Å². The predicted molar refractivity (Wildman–Crippen MR) is 83.8 cm³/mol. The van der Waals surface area contributed by atoms with Gasteiger partial charge in [-0.15, -0.1) is 11.3 Å². The molecular formula is C13H20ClNO3S2. The lowest BCUT2D eigenvalue weighted by Gasteiger charge is -2.12. The fourth-order valence-corrected chi connectivity index (χ4v) is 4.10. The van der Waals surface area contributed by atoms with Gasteiger partial charge >= 0.3 is 0 Å². The van der Waals surface area contributed by atoms with E-state index < -0.39 is 16.1 Å². The molecule has 1 aromatic heterocycles. The molecule has 1 aromatic rings. The van der Waals surface area contributed by atoms with E-state index in [0.29, 0.717) is 4.34 Å². The van der Waals surface area contributed by atoms with E-state index in [4.69, 9.17) is 11.6 Å². The molecule has 0 saturated carbocycles. The molecule has 0 aromatic carbocycles. The van der Waals surface area contributed by atoms with E-state index in [9.17, 15) is 13.5 Å². The van der Waals surface area contributed by atoms with Crippen LogP contribution in [0.3, 0.4) is 0 Å². The van der Waals surface area contributed by atoms with Crippen LogP contribution in [0.15, 0.2) is 28.0 Å². The Hall–Kier alpha value is -0.400. The van der Waals surface area contributed by atoms with Crippen LogP contribution in [0, 0.1) is 0 Å². The lowest BCUT2D eigenvalue weighted by Crippen LogP contribution is -2.32. The average molecular weight is 338 g/mol. The molecule has 4 nitrogen and oxygen atoms in total. The summed E-state index contributed by atoms with van der Waals surface area (Å²) in [5, 5.41) is 9.91. The fourth-order valence-electron chi connectivity index (χ4n) is 1.53. The number of halogens is 1. The molecule has 1 heterocycles. The molecule has 2 N–H and O–H groups in total. The van der Waals surface area contributed by atoms with Crippen molar-refractivity contribution in [1.29, 1.82) is 0 Å². The van der Waals surface area contributed by atoms with Gasteiger partial charge in [0.05, 0.1) is 10.4 Å². The second-order valence-electron chi connectivity index (χ2n) is 4.52. The number of hydrogen-bond acceptors (Lipinski definition) is 4. The molecular weight excluding hydrogens is 318 g/mol. The molecule has 0 aliphatic heterocycles. The molecule has 0 radical (unpaired) electrons. The largest absolute Gasteiger partial charge is 0.387 e. The van der Waals surface area contributed by atoms with Crippen LogP contribution in [-0.2, 0) is 10.0 Å². The smallest absolute Gasteiger partial charge is 0.250 e. The van der Waals surface area contributed by atoms with Gasteiger partial charge in [-0.25, -0.2) is 13.1 Å². The zero-order valence-corrected chi connectivity index (χ0v) is 14.0. The van der Waals surface area contributed by atoms with Gasteiger partial charge in [0.15, 0.2) is 0 Å². The molecule has 114 valence electrons. The number of rotatable bonds is 8. The Morgan fingerprint density at radius 2 is 2.25 bits per heavy atom. The SMILES string of the molecule is CCCCC=C(C)[C@@H](O)CNS(=O)(=O)c1ccc(Cl)s1. The van der Waals surface area contributed by atoms with Gasteiger partial charge in [-0.1, -0.05) is 37.4 Å². The van der Waals surface area contributed by atoms with E-state index in [1.54, 1.807) is 6.92 Å². The molecule has 7 heteroatoms. The van der Waals surface area contributed by atoms with Crippen molar-refractivity contribution in [1.82, 2.24) is 4.72 Å². The number of thiophene rings is 1. The standard InChI is InChI=1S/C13H20ClNO3S2/c1-3-4-5-6-10(2)11(16)9-15-20(17,18)13-8-7-12(14)19-13/h6-8,11,15-16H,3-5,9H2,1-2H3/t11-/m0/s1. The molecule has 0 aliphatic carbocycles. The lowest BCUT2D eigenvalue weighted by molar-refractivity contribution is 0.214. The minimum absolute atomic E-state index is 0.0354. The monoisotopic (exact) mass is 337 g/mol. The highest BCUT2D eigenvalue weighted by Gasteiger charge is 2.18. The number of aliphatic hydroxyl groups excluding tert-OH is 1. The van der Waals surface area contributed by atoms with Crippen molar-refractivity contribution < 1.29 is 13.5 Å². The average Bonchev–Trinajstić information content (AvgIpc) is 2.83. The van der Waals surface area contributed by atoms with E-state index >= 15 is 0 Å². The van der Waals surface area contributed by atoms with E-state index in [1.165, 1.54) is 12.1 Å². The quantitative estimate of drug-likeness (QED) is 0.565. The number of nitrogens with one attached hydrogen (secondary N) is 1. The van der Waals surface area contributed by atoms with Crippen molar-refractivity contribution in [2.75, 3.05) is 6.54 Å². The Bertz CT molecular complexity index is 552. The molecule has 0 amide bonds. The van der Waals surface area contributed by atoms with Gasteiger partial charge in [-0.3, -0.25) is 0 Å². The van der Waals surface area contributed by atoms with Crippen molar-refractivity contribution >= 4 is 33.0 Å². The van der Waals surface area contributed by atoms with Crippen molar-refractivity contribution in [3.8, 4) is 0 Å². The third-order valence-electron chi connectivity index (χ3n) is 2.83. The van der Waals surface area contributed by atoms with Crippen LogP contribution in [0.1, 0.15) is 33.1 Å². The second kappa shape index (κ2) is 8.14. The molecule has 0 bridgehead atoms. The summed E-state index contributed by atoms with van der Waals surface area (Å²) < 4.78 is 26.9. The van der Waals surface area contributed by atoms with Crippen LogP contribution < -0.4 is 4.72 Å². The third kappa shape index (κ3) is 5.54. The Kier molecular flexibility index (Phi) is 7.19. The van der Waals surface area contributed by atoms with Crippen molar-refractivity contribution in [3.05, 3.63) is 28.1 Å². The Morgan fingerprint density at radius 1 is 1.55 bits per heavy atom. The van der Waals surface area contributed by atoms with Gasteiger partial charge in [0, 0.05) is 6.54 Å². The van der Waals surface area contributed by atoms with Gasteiger partial charge in [0.2, 0.25) is 10.0 Å². The van der Waals surface area contributed by atoms with Gasteiger partial charge in [0.25, 0.3) is 0 Å². The van der Waals surface area contributed by atoms with Crippen LogP contribution in [0.4, 0.5) is 0 Å². The van der Waals surface area contributed by atoms with E-state index in [1.807, 2.05) is 6.08 Å². The number of unbranched alkanes of at least 4 members (excludes halogenated alkanes) is 2. The second-order valence-corrected chi connectivity index (χ2v) is 8.23. The van der Waals surface area contributed by atoms with Crippen molar-refractivity contribution in [2.45, 2.75) is 43.4 Å². The molecule has 1 atom stereocenters. The fraction of sp³-hybridized carbons (Fsp3) is 0.538. The maximum Gasteiger partial charge on any atom is 0.250 e. The highest BCUT2D eigenvalue weighted by Crippen LogP contribution is 2.25. The van der Waals surface area contributed by atoms with Crippen LogP contribution in [0.5, 0.6) is 0 Å². The molecule has 0 spiro atoms. The summed E-state index contributed by atoms with van der Waals surface area (Å²) in [6, 6.07) is 2.98. The molecule has 20 heavy (non-hydrogen) atoms. The van der Waals surface area contributed by atoms with Gasteiger partial charge in [-0.05, 0) is 31.1 Å². The van der Waals surface area contributed by atoms with Crippen LogP contribution in [0.2, 0.25) is 4.34 Å². The van der Waals surface area contributed by atoms with Gasteiger partial charge in [0.1, 0.15) is 4.21 Å². The topological polar surface area (TPSA) is 66.4 Å². The molecule has 1 rings (SSSR count). The summed E-state index contributed by atoms with van der Waals surface area (Å²) in [6.45, 7) is 3.86. The maximum atomic E-state index is 11.9. The summed E-state index contributed by atoms with van der Waals surface area (Å²) in [5.74, 6) is 0. The number of hydrogen-bond donors (Lipinski definition) is 2. The first-order chi connectivity index (χ1) is 9.36. The normalized spacial score (nSPS) is 14.5. The number of sulfonamides is 1. The Morgan fingerprint density at radius 3 is 2.80 bits per heavy atom. The molecule has 0 aliphatic rings. The van der Waals surface area contributed by atoms with Crippen LogP contribution in [-0.4, -0.2) is 26.2 Å². The first-order valence-electron chi connectivity index (χ1n) is 6.46. The summed E-state index contributed by atoms with van der Waals surface area (Å²) in [6.07, 6.45) is 4.18. The van der Waals surface area contributed by atoms with Crippen LogP contribution in [0.25, 0.3) is 0 Å². The van der Waals surface area contributed by atoms with E-state index in [-0.39, 0.29) is 10.8 Å². The predicted octanol–water partition coefficient (Wildman–Crippen LogP) is 3.18. The van der Waals surface area contributed by atoms with Crippen molar-refractivity contribution in [2.24, 2.45) is 0 Å². The van der Waals surface area contributed by atoms with E-state index in [0.717, 1.165) is 36.2 Å². The summed E-state index contributed by atoms with van der Waals surface area (Å²) >= 11 is 6.71. The third-order valence-corrected chi connectivity index (χ3v) is 5.98. The minimum Gasteiger partial charge on any atom is -0.387 e. The Labute approximate surface area is 129 Å². The van der Waals surface area contributed by atoms with E-state index in [2.05, 4.69) is 11.6 Å². The minimum atomic E-state index is -3.60. The summed E-state index contributed by atoms with van der Waals surface area (Å²) in [5.41, 5.74) is 0.783. The molecule has 0 unspecified atom stereocenters. The van der Waals surface area contributed by atoms with Gasteiger partial charge < -0.3 is 5.11 Å². The van der Waals surface area contributed by atoms with Crippen molar-refractivity contribution in [3.63, 3.8) is 0 Å². The molecule has 0 saturated heterocycles. The first kappa shape index (κ1) is 17.7. The van der Waals surface area contributed by atoms with Gasteiger partial charge in [-0.2, -0.15) is 0 Å². The summed E-state index contributed by atoms with van der Waals surface area (Å²) in [7, 11) is -3.60. The lowest BCUT2D eigenvalue weighted by atomic mass is 10.1. The zero-order valence-electron chi connectivity index (χ0n) is 11.6. The zero-order chi connectivity index (χ0) is 15.2. The maximum absolute atomic E-state index is 11.9. The first-order valence-corrected chi connectivity index (χ1v) is 9.14. The number of aliphatic hydroxyl groups is 1. The Balaban J connectivity index is 2.56.